The molecule has 0 aliphatic carbocycles. The average Bonchev–Trinajstić information content (AvgIpc) is 2.72. The zero-order valence-corrected chi connectivity index (χ0v) is 12.1. The van der Waals surface area contributed by atoms with Crippen LogP contribution in [0, 0.1) is 5.92 Å². The summed E-state index contributed by atoms with van der Waals surface area (Å²) in [7, 11) is 6.12. The lowest BCUT2D eigenvalue weighted by molar-refractivity contribution is -0.0245. The predicted molar refractivity (Wildman–Crippen MR) is 72.2 cm³/mol. The van der Waals surface area contributed by atoms with Gasteiger partial charge in [-0.05, 0) is 46.8 Å². The third-order valence-corrected chi connectivity index (χ3v) is 4.54. The number of hydrogen-bond acceptors (Lipinski definition) is 4. The minimum atomic E-state index is -0.0735. The highest BCUT2D eigenvalue weighted by molar-refractivity contribution is 4.93. The van der Waals surface area contributed by atoms with Crippen molar-refractivity contribution >= 4 is 0 Å². The monoisotopic (exact) mass is 243 g/mol. The van der Waals surface area contributed by atoms with Gasteiger partial charge in [-0.2, -0.15) is 0 Å². The van der Waals surface area contributed by atoms with E-state index in [2.05, 4.69) is 37.7 Å². The first-order chi connectivity index (χ1) is 7.93. The number of nitrogens with two attached hydrogens (primary N) is 1. The Hall–Kier alpha value is -0.160. The van der Waals surface area contributed by atoms with E-state index in [1.165, 1.54) is 19.5 Å². The first-order valence-electron chi connectivity index (χ1n) is 6.56. The van der Waals surface area contributed by atoms with Crippen LogP contribution in [0.5, 0.6) is 0 Å². The van der Waals surface area contributed by atoms with Gasteiger partial charge >= 0.3 is 0 Å². The van der Waals surface area contributed by atoms with E-state index in [1.807, 2.05) is 0 Å². The first-order valence-corrected chi connectivity index (χ1v) is 6.56. The van der Waals surface area contributed by atoms with Crippen LogP contribution in [0.4, 0.5) is 0 Å². The maximum absolute atomic E-state index is 5.95. The van der Waals surface area contributed by atoms with Crippen molar-refractivity contribution in [1.82, 2.24) is 9.80 Å². The second-order valence-electron chi connectivity index (χ2n) is 5.74. The highest BCUT2D eigenvalue weighted by Crippen LogP contribution is 2.23. The molecule has 3 atom stereocenters. The molecule has 3 unspecified atom stereocenters. The summed E-state index contributed by atoms with van der Waals surface area (Å²) in [5.74, 6) is 0.764. The van der Waals surface area contributed by atoms with Gasteiger partial charge in [-0.3, -0.25) is 4.90 Å². The number of hydrogen-bond donors (Lipinski definition) is 1. The number of likely N-dealkylation sites (N-methyl/N-ethyl adjacent to an activating group) is 1. The third kappa shape index (κ3) is 3.41. The normalized spacial score (nSPS) is 27.4. The van der Waals surface area contributed by atoms with Crippen molar-refractivity contribution in [2.45, 2.75) is 31.9 Å². The van der Waals surface area contributed by atoms with Gasteiger partial charge in [0, 0.05) is 26.7 Å². The van der Waals surface area contributed by atoms with Gasteiger partial charge in [-0.1, -0.05) is 0 Å². The summed E-state index contributed by atoms with van der Waals surface area (Å²) in [6, 6.07) is 0. The van der Waals surface area contributed by atoms with Gasteiger partial charge in [0.05, 0.1) is 11.6 Å². The van der Waals surface area contributed by atoms with Gasteiger partial charge in [0.15, 0.2) is 0 Å². The van der Waals surface area contributed by atoms with Crippen LogP contribution in [0.2, 0.25) is 0 Å². The second kappa shape index (κ2) is 6.14. The molecule has 1 aliphatic heterocycles. The van der Waals surface area contributed by atoms with E-state index in [-0.39, 0.29) is 11.6 Å². The maximum Gasteiger partial charge on any atom is 0.0736 e. The highest BCUT2D eigenvalue weighted by atomic mass is 16.5. The standard InChI is InChI=1S/C13H29N3O/c1-11(17-5)13(2,10-14)16(4)9-12-6-7-15(3)8-12/h11-12H,6-10,14H2,1-5H3. The van der Waals surface area contributed by atoms with Crippen molar-refractivity contribution < 1.29 is 4.74 Å². The zero-order chi connectivity index (χ0) is 13.1. The van der Waals surface area contributed by atoms with Crippen LogP contribution < -0.4 is 5.73 Å². The van der Waals surface area contributed by atoms with Crippen molar-refractivity contribution in [2.75, 3.05) is 47.4 Å². The molecule has 0 aromatic rings. The van der Waals surface area contributed by atoms with E-state index in [1.54, 1.807) is 7.11 Å². The summed E-state index contributed by atoms with van der Waals surface area (Å²) >= 11 is 0. The molecule has 4 nitrogen and oxygen atoms in total. The van der Waals surface area contributed by atoms with Gasteiger partial charge in [-0.25, -0.2) is 0 Å². The molecule has 1 saturated heterocycles. The molecule has 102 valence electrons. The molecule has 0 radical (unpaired) electrons. The van der Waals surface area contributed by atoms with E-state index >= 15 is 0 Å². The van der Waals surface area contributed by atoms with Crippen LogP contribution in [0.1, 0.15) is 20.3 Å². The number of ether oxygens (including phenoxy) is 1. The SMILES string of the molecule is COC(C)C(C)(CN)N(C)CC1CCN(C)C1. The fraction of sp³-hybridized carbons (Fsp3) is 1.00. The Morgan fingerprint density at radius 2 is 2.24 bits per heavy atom. The Morgan fingerprint density at radius 3 is 2.65 bits per heavy atom. The molecule has 0 aromatic carbocycles. The number of rotatable bonds is 6. The van der Waals surface area contributed by atoms with Crippen molar-refractivity contribution in [1.29, 1.82) is 0 Å². The number of likely N-dealkylation sites (tertiary alicyclic amines) is 1. The fourth-order valence-corrected chi connectivity index (χ4v) is 2.66. The molecule has 1 heterocycles. The lowest BCUT2D eigenvalue weighted by Gasteiger charge is -2.43. The zero-order valence-electron chi connectivity index (χ0n) is 12.1. The summed E-state index contributed by atoms with van der Waals surface area (Å²) in [4.78, 5) is 4.78. The molecule has 0 bridgehead atoms. The van der Waals surface area contributed by atoms with Gasteiger partial charge in [0.1, 0.15) is 0 Å². The van der Waals surface area contributed by atoms with Gasteiger partial charge < -0.3 is 15.4 Å². The summed E-state index contributed by atoms with van der Waals surface area (Å²) in [6.45, 7) is 8.45. The lowest BCUT2D eigenvalue weighted by atomic mass is 9.92. The molecule has 0 spiro atoms. The summed E-state index contributed by atoms with van der Waals surface area (Å²) in [5.41, 5.74) is 5.88. The summed E-state index contributed by atoms with van der Waals surface area (Å²) in [5, 5.41) is 0. The Morgan fingerprint density at radius 1 is 1.59 bits per heavy atom. The number of methoxy groups -OCH3 is 1. The quantitative estimate of drug-likeness (QED) is 0.743. The Labute approximate surface area is 106 Å². The van der Waals surface area contributed by atoms with E-state index in [9.17, 15) is 0 Å². The molecule has 1 aliphatic rings. The molecular formula is C13H29N3O. The van der Waals surface area contributed by atoms with Crippen LogP contribution in [0.3, 0.4) is 0 Å². The molecular weight excluding hydrogens is 214 g/mol. The summed E-state index contributed by atoms with van der Waals surface area (Å²) < 4.78 is 5.48. The van der Waals surface area contributed by atoms with Gasteiger partial charge in [0.2, 0.25) is 0 Å². The predicted octanol–water partition coefficient (Wildman–Crippen LogP) is 0.622. The first kappa shape index (κ1) is 14.9. The van der Waals surface area contributed by atoms with Crippen molar-refractivity contribution in [3.63, 3.8) is 0 Å². The maximum atomic E-state index is 5.95. The fourth-order valence-electron chi connectivity index (χ4n) is 2.66. The van der Waals surface area contributed by atoms with E-state index < -0.39 is 0 Å². The Bertz CT molecular complexity index is 237. The number of nitrogens with zero attached hydrogens (tertiary/aromatic N) is 2. The Balaban J connectivity index is 2.57. The van der Waals surface area contributed by atoms with Crippen LogP contribution in [0.15, 0.2) is 0 Å². The topological polar surface area (TPSA) is 41.7 Å². The Kier molecular flexibility index (Phi) is 5.38. The minimum absolute atomic E-state index is 0.0735. The molecule has 4 heteroatoms. The van der Waals surface area contributed by atoms with E-state index in [4.69, 9.17) is 10.5 Å². The van der Waals surface area contributed by atoms with Gasteiger partial charge in [-0.15, -0.1) is 0 Å². The lowest BCUT2D eigenvalue weighted by Crippen LogP contribution is -2.58. The minimum Gasteiger partial charge on any atom is -0.380 e. The van der Waals surface area contributed by atoms with Crippen LogP contribution in [-0.4, -0.2) is 68.8 Å². The second-order valence-corrected chi connectivity index (χ2v) is 5.74. The van der Waals surface area contributed by atoms with E-state index in [0.717, 1.165) is 12.5 Å². The van der Waals surface area contributed by atoms with Crippen molar-refractivity contribution in [3.8, 4) is 0 Å². The average molecular weight is 243 g/mol. The largest absolute Gasteiger partial charge is 0.380 e. The molecule has 0 saturated carbocycles. The molecule has 2 N–H and O–H groups in total. The summed E-state index contributed by atoms with van der Waals surface area (Å²) in [6.07, 6.45) is 1.44. The molecule has 17 heavy (non-hydrogen) atoms. The molecule has 1 rings (SSSR count). The smallest absolute Gasteiger partial charge is 0.0736 e. The molecule has 1 fully saturated rings. The van der Waals surface area contributed by atoms with Crippen molar-refractivity contribution in [3.05, 3.63) is 0 Å². The highest BCUT2D eigenvalue weighted by Gasteiger charge is 2.36. The molecule has 0 amide bonds. The van der Waals surface area contributed by atoms with Crippen molar-refractivity contribution in [2.24, 2.45) is 11.7 Å². The van der Waals surface area contributed by atoms with E-state index in [0.29, 0.717) is 6.54 Å². The third-order valence-electron chi connectivity index (χ3n) is 4.54. The van der Waals surface area contributed by atoms with Crippen LogP contribution in [-0.2, 0) is 4.74 Å². The van der Waals surface area contributed by atoms with Crippen LogP contribution in [0.25, 0.3) is 0 Å². The molecule has 0 aromatic heterocycles. The van der Waals surface area contributed by atoms with Crippen LogP contribution >= 0.6 is 0 Å². The van der Waals surface area contributed by atoms with Gasteiger partial charge in [0.25, 0.3) is 0 Å².